The van der Waals surface area contributed by atoms with Crippen molar-refractivity contribution < 1.29 is 8.78 Å². The molecule has 0 aliphatic rings. The molecule has 0 nitrogen and oxygen atoms in total. The predicted molar refractivity (Wildman–Crippen MR) is 57.4 cm³/mol. The van der Waals surface area contributed by atoms with Crippen molar-refractivity contribution in [3.05, 3.63) is 35.4 Å². The van der Waals surface area contributed by atoms with E-state index in [2.05, 4.69) is 18.8 Å². The molecule has 0 atom stereocenters. The van der Waals surface area contributed by atoms with Gasteiger partial charge in [0.15, 0.2) is 0 Å². The first-order chi connectivity index (χ1) is 7.24. The lowest BCUT2D eigenvalue weighted by molar-refractivity contribution is 0.585. The number of rotatable bonds is 3. The van der Waals surface area contributed by atoms with E-state index in [1.807, 2.05) is 0 Å². The quantitative estimate of drug-likeness (QED) is 0.664. The van der Waals surface area contributed by atoms with Crippen molar-refractivity contribution in [3.63, 3.8) is 0 Å². The normalized spacial score (nSPS) is 9.53. The molecular weight excluding hydrogens is 194 g/mol. The largest absolute Gasteiger partial charge is 0.207 e. The Balaban J connectivity index is 2.51. The monoisotopic (exact) mass is 208 g/mol. The highest BCUT2D eigenvalue weighted by Gasteiger charge is 2.02. The molecule has 0 aliphatic heterocycles. The van der Waals surface area contributed by atoms with Crippen LogP contribution in [0.5, 0.6) is 0 Å². The summed E-state index contributed by atoms with van der Waals surface area (Å²) in [4.78, 5) is 0. The molecular formula is C13H14F2. The molecule has 2 heteroatoms. The van der Waals surface area contributed by atoms with Gasteiger partial charge >= 0.3 is 0 Å². The number of unbranched alkanes of at least 4 members (excludes halogenated alkanes) is 1. The Morgan fingerprint density at radius 3 is 2.60 bits per heavy atom. The summed E-state index contributed by atoms with van der Waals surface area (Å²) >= 11 is 0. The zero-order chi connectivity index (χ0) is 11.1. The maximum atomic E-state index is 13.1. The van der Waals surface area contributed by atoms with Crippen LogP contribution in [0.3, 0.4) is 0 Å². The third kappa shape index (κ3) is 4.12. The van der Waals surface area contributed by atoms with Crippen LogP contribution < -0.4 is 0 Å². The van der Waals surface area contributed by atoms with E-state index in [0.717, 1.165) is 25.0 Å². The summed E-state index contributed by atoms with van der Waals surface area (Å²) in [5.74, 6) is 5.17. The van der Waals surface area contributed by atoms with Crippen molar-refractivity contribution >= 4 is 0 Å². The second kappa shape index (κ2) is 6.19. The number of benzene rings is 1. The summed E-state index contributed by atoms with van der Waals surface area (Å²) in [6.07, 6.45) is 2.95. The topological polar surface area (TPSA) is 0 Å². The van der Waals surface area contributed by atoms with Gasteiger partial charge in [0.05, 0.1) is 0 Å². The van der Waals surface area contributed by atoms with Gasteiger partial charge in [-0.25, -0.2) is 8.78 Å². The smallest absolute Gasteiger partial charge is 0.126 e. The van der Waals surface area contributed by atoms with Gasteiger partial charge in [-0.1, -0.05) is 6.92 Å². The SMILES string of the molecule is CCCC#CCCc1cc(F)ccc1F. The molecule has 0 N–H and O–H groups in total. The zero-order valence-electron chi connectivity index (χ0n) is 8.82. The molecule has 0 saturated heterocycles. The molecule has 1 rings (SSSR count). The lowest BCUT2D eigenvalue weighted by Gasteiger charge is -1.99. The third-order valence-electron chi connectivity index (χ3n) is 2.03. The summed E-state index contributed by atoms with van der Waals surface area (Å²) in [7, 11) is 0. The van der Waals surface area contributed by atoms with Crippen LogP contribution in [0.2, 0.25) is 0 Å². The predicted octanol–water partition coefficient (Wildman–Crippen LogP) is 3.70. The van der Waals surface area contributed by atoms with Crippen LogP contribution in [0.25, 0.3) is 0 Å². The molecule has 0 heterocycles. The Morgan fingerprint density at radius 2 is 1.87 bits per heavy atom. The van der Waals surface area contributed by atoms with Crippen molar-refractivity contribution in [2.24, 2.45) is 0 Å². The molecule has 0 bridgehead atoms. The van der Waals surface area contributed by atoms with Gasteiger partial charge in [-0.05, 0) is 36.6 Å². The highest BCUT2D eigenvalue weighted by Crippen LogP contribution is 2.11. The van der Waals surface area contributed by atoms with Crippen molar-refractivity contribution in [1.29, 1.82) is 0 Å². The molecule has 0 unspecified atom stereocenters. The highest BCUT2D eigenvalue weighted by atomic mass is 19.1. The molecule has 0 spiro atoms. The fraction of sp³-hybridized carbons (Fsp3) is 0.385. The molecule has 80 valence electrons. The van der Waals surface area contributed by atoms with E-state index in [1.165, 1.54) is 6.07 Å². The summed E-state index contributed by atoms with van der Waals surface area (Å²) in [6, 6.07) is 3.52. The Morgan fingerprint density at radius 1 is 1.13 bits per heavy atom. The lowest BCUT2D eigenvalue weighted by atomic mass is 10.1. The van der Waals surface area contributed by atoms with E-state index in [-0.39, 0.29) is 5.82 Å². The zero-order valence-corrected chi connectivity index (χ0v) is 8.82. The van der Waals surface area contributed by atoms with Crippen LogP contribution in [-0.2, 0) is 6.42 Å². The van der Waals surface area contributed by atoms with Gasteiger partial charge in [-0.2, -0.15) is 0 Å². The van der Waals surface area contributed by atoms with E-state index in [4.69, 9.17) is 0 Å². The Kier molecular flexibility index (Phi) is 4.83. The van der Waals surface area contributed by atoms with Gasteiger partial charge in [0.1, 0.15) is 11.6 Å². The maximum absolute atomic E-state index is 13.1. The van der Waals surface area contributed by atoms with Gasteiger partial charge in [-0.3, -0.25) is 0 Å². The molecule has 0 amide bonds. The molecule has 0 saturated carbocycles. The molecule has 0 fully saturated rings. The summed E-state index contributed by atoms with van der Waals surface area (Å²) in [5, 5.41) is 0. The third-order valence-corrected chi connectivity index (χ3v) is 2.03. The van der Waals surface area contributed by atoms with Crippen molar-refractivity contribution in [3.8, 4) is 11.8 Å². The first kappa shape index (κ1) is 11.7. The number of halogens is 2. The van der Waals surface area contributed by atoms with Gasteiger partial charge in [-0.15, -0.1) is 11.8 Å². The number of hydrogen-bond acceptors (Lipinski definition) is 0. The fourth-order valence-corrected chi connectivity index (χ4v) is 1.23. The average Bonchev–Trinajstić information content (AvgIpc) is 2.23. The van der Waals surface area contributed by atoms with Crippen LogP contribution in [0.1, 0.15) is 31.7 Å². The second-order valence-corrected chi connectivity index (χ2v) is 3.34. The second-order valence-electron chi connectivity index (χ2n) is 3.34. The minimum Gasteiger partial charge on any atom is -0.207 e. The minimum atomic E-state index is -0.395. The van der Waals surface area contributed by atoms with Gasteiger partial charge in [0, 0.05) is 12.8 Å². The average molecular weight is 208 g/mol. The minimum absolute atomic E-state index is 0.353. The van der Waals surface area contributed by atoms with Crippen LogP contribution in [0.15, 0.2) is 18.2 Å². The standard InChI is InChI=1S/C13H14F2/c1-2-3-4-5-6-7-11-10-12(14)8-9-13(11)15/h8-10H,2-3,6-7H2,1H3. The number of hydrogen-bond donors (Lipinski definition) is 0. The molecule has 0 radical (unpaired) electrons. The molecule has 1 aromatic rings. The van der Waals surface area contributed by atoms with Gasteiger partial charge < -0.3 is 0 Å². The van der Waals surface area contributed by atoms with Crippen molar-refractivity contribution in [2.45, 2.75) is 32.6 Å². The molecule has 15 heavy (non-hydrogen) atoms. The van der Waals surface area contributed by atoms with Crippen LogP contribution in [-0.4, -0.2) is 0 Å². The summed E-state index contributed by atoms with van der Waals surface area (Å²) in [6.45, 7) is 2.06. The Bertz CT molecular complexity index is 372. The van der Waals surface area contributed by atoms with E-state index >= 15 is 0 Å². The first-order valence-electron chi connectivity index (χ1n) is 5.13. The highest BCUT2D eigenvalue weighted by molar-refractivity contribution is 5.19. The van der Waals surface area contributed by atoms with Crippen molar-refractivity contribution in [2.75, 3.05) is 0 Å². The maximum Gasteiger partial charge on any atom is 0.126 e. The van der Waals surface area contributed by atoms with Crippen LogP contribution in [0, 0.1) is 23.5 Å². The first-order valence-corrected chi connectivity index (χ1v) is 5.13. The van der Waals surface area contributed by atoms with E-state index in [1.54, 1.807) is 0 Å². The fourth-order valence-electron chi connectivity index (χ4n) is 1.23. The van der Waals surface area contributed by atoms with E-state index in [0.29, 0.717) is 18.4 Å². The molecule has 0 aromatic heterocycles. The molecule has 1 aromatic carbocycles. The Labute approximate surface area is 89.3 Å². The lowest BCUT2D eigenvalue weighted by Crippen LogP contribution is -1.91. The van der Waals surface area contributed by atoms with Gasteiger partial charge in [0.2, 0.25) is 0 Å². The summed E-state index contributed by atoms with van der Waals surface area (Å²) < 4.78 is 25.9. The van der Waals surface area contributed by atoms with Crippen LogP contribution >= 0.6 is 0 Å². The Hall–Kier alpha value is -1.36. The van der Waals surface area contributed by atoms with E-state index in [9.17, 15) is 8.78 Å². The number of aryl methyl sites for hydroxylation is 1. The van der Waals surface area contributed by atoms with Crippen molar-refractivity contribution in [1.82, 2.24) is 0 Å². The van der Waals surface area contributed by atoms with E-state index < -0.39 is 5.82 Å². The van der Waals surface area contributed by atoms with Crippen LogP contribution in [0.4, 0.5) is 8.78 Å². The molecule has 0 aliphatic carbocycles. The summed E-state index contributed by atoms with van der Waals surface area (Å²) in [5.41, 5.74) is 0.404. The van der Waals surface area contributed by atoms with Gasteiger partial charge in [0.25, 0.3) is 0 Å².